The number of aromatic nitrogens is 3. The van der Waals surface area contributed by atoms with Gasteiger partial charge in [0.05, 0.1) is 12.6 Å². The lowest BCUT2D eigenvalue weighted by Gasteiger charge is -2.18. The van der Waals surface area contributed by atoms with E-state index in [1.54, 1.807) is 0 Å². The average Bonchev–Trinajstić information content (AvgIpc) is 2.53. The molecule has 1 aromatic heterocycles. The van der Waals surface area contributed by atoms with Gasteiger partial charge in [-0.2, -0.15) is 14.9 Å². The van der Waals surface area contributed by atoms with Crippen LogP contribution in [0.25, 0.3) is 0 Å². The van der Waals surface area contributed by atoms with Crippen LogP contribution in [0.15, 0.2) is 34.2 Å². The Balaban J connectivity index is 2.28. The van der Waals surface area contributed by atoms with Crippen molar-refractivity contribution in [1.82, 2.24) is 14.9 Å². The van der Waals surface area contributed by atoms with Crippen molar-refractivity contribution < 1.29 is 9.90 Å². The summed E-state index contributed by atoms with van der Waals surface area (Å²) in [4.78, 5) is 23.0. The van der Waals surface area contributed by atoms with Gasteiger partial charge in [-0.05, 0) is 28.8 Å². The molecule has 0 bridgehead atoms. The largest absolute Gasteiger partial charge is 0.481 e. The van der Waals surface area contributed by atoms with E-state index in [1.165, 1.54) is 11.8 Å². The molecule has 2 aromatic rings. The maximum Gasteiger partial charge on any atom is 0.303 e. The maximum absolute atomic E-state index is 12.3. The summed E-state index contributed by atoms with van der Waals surface area (Å²) >= 11 is 5.03. The number of hydrogen-bond acceptors (Lipinski definition) is 5. The van der Waals surface area contributed by atoms with Gasteiger partial charge in [0.1, 0.15) is 5.69 Å². The lowest BCUT2D eigenvalue weighted by Crippen LogP contribution is -2.25. The number of nitrogens with one attached hydrogen (secondary N) is 1. The molecule has 0 aliphatic rings. The van der Waals surface area contributed by atoms with Crippen molar-refractivity contribution in [3.05, 3.63) is 56.2 Å². The molecule has 7 nitrogen and oxygen atoms in total. The molecule has 0 spiro atoms. The highest BCUT2D eigenvalue weighted by Crippen LogP contribution is 2.21. The molecule has 0 aliphatic heterocycles. The Morgan fingerprint density at radius 2 is 2.00 bits per heavy atom. The van der Waals surface area contributed by atoms with E-state index < -0.39 is 11.5 Å². The van der Waals surface area contributed by atoms with E-state index in [2.05, 4.69) is 36.1 Å². The zero-order valence-corrected chi connectivity index (χ0v) is 15.1. The Kier molecular flexibility index (Phi) is 5.63. The summed E-state index contributed by atoms with van der Waals surface area (Å²) in [7, 11) is 0. The highest BCUT2D eigenvalue weighted by molar-refractivity contribution is 7.71. The van der Waals surface area contributed by atoms with E-state index in [1.807, 2.05) is 24.3 Å². The number of aryl methyl sites for hydroxylation is 1. The van der Waals surface area contributed by atoms with Gasteiger partial charge in [-0.15, -0.1) is 0 Å². The van der Waals surface area contributed by atoms with E-state index in [-0.39, 0.29) is 28.7 Å². The van der Waals surface area contributed by atoms with E-state index in [0.717, 1.165) is 10.2 Å². The summed E-state index contributed by atoms with van der Waals surface area (Å²) in [6.45, 7) is 6.39. The predicted octanol–water partition coefficient (Wildman–Crippen LogP) is 2.50. The molecule has 0 fully saturated rings. The molecule has 0 unspecified atom stereocenters. The third-order valence-electron chi connectivity index (χ3n) is 3.59. The summed E-state index contributed by atoms with van der Waals surface area (Å²) in [6, 6.07) is 7.84. The second-order valence-corrected chi connectivity index (χ2v) is 6.99. The van der Waals surface area contributed by atoms with E-state index >= 15 is 0 Å². The van der Waals surface area contributed by atoms with Crippen molar-refractivity contribution in [3.63, 3.8) is 0 Å². The molecular weight excluding hydrogens is 340 g/mol. The number of aliphatic carboxylic acids is 1. The second-order valence-electron chi connectivity index (χ2n) is 6.60. The smallest absolute Gasteiger partial charge is 0.303 e. The molecule has 2 rings (SSSR count). The fraction of sp³-hybridized carbons (Fsp3) is 0.353. The first-order valence-electron chi connectivity index (χ1n) is 7.76. The number of hydrogen-bond donors (Lipinski definition) is 2. The van der Waals surface area contributed by atoms with Crippen LogP contribution in [0.2, 0.25) is 0 Å². The summed E-state index contributed by atoms with van der Waals surface area (Å²) in [5.41, 5.74) is 1.63. The van der Waals surface area contributed by atoms with Gasteiger partial charge in [0.25, 0.3) is 5.56 Å². The number of H-pyrrole nitrogens is 1. The Bertz CT molecular complexity index is 905. The number of benzene rings is 1. The van der Waals surface area contributed by atoms with Crippen molar-refractivity contribution in [2.75, 3.05) is 0 Å². The third kappa shape index (κ3) is 4.93. The molecule has 8 heteroatoms. The molecule has 0 saturated carbocycles. The number of rotatable bonds is 5. The van der Waals surface area contributed by atoms with Crippen molar-refractivity contribution >= 4 is 24.4 Å². The van der Waals surface area contributed by atoms with Crippen LogP contribution in [0.1, 0.15) is 44.0 Å². The van der Waals surface area contributed by atoms with Crippen LogP contribution in [0.4, 0.5) is 0 Å². The third-order valence-corrected chi connectivity index (χ3v) is 3.86. The first-order valence-corrected chi connectivity index (χ1v) is 8.16. The van der Waals surface area contributed by atoms with E-state index in [0.29, 0.717) is 0 Å². The molecule has 0 atom stereocenters. The van der Waals surface area contributed by atoms with Gasteiger partial charge in [-0.3, -0.25) is 14.7 Å². The minimum atomic E-state index is -1.00. The Hall–Kier alpha value is -2.61. The number of nitrogens with zero attached hydrogens (tertiary/aromatic N) is 3. The number of carbonyl (C=O) groups is 1. The number of aromatic amines is 1. The lowest BCUT2D eigenvalue weighted by molar-refractivity contribution is -0.136. The SMILES string of the molecule is CC(C)(C)c1ccc(/C=N\n2c(=S)[nH]nc(CCC(=O)O)c2=O)cc1. The molecule has 25 heavy (non-hydrogen) atoms. The van der Waals surface area contributed by atoms with Crippen molar-refractivity contribution in [1.29, 1.82) is 0 Å². The van der Waals surface area contributed by atoms with Gasteiger partial charge < -0.3 is 5.11 Å². The normalized spacial score (nSPS) is 11.8. The van der Waals surface area contributed by atoms with Crippen molar-refractivity contribution in [3.8, 4) is 0 Å². The fourth-order valence-electron chi connectivity index (χ4n) is 2.11. The molecule has 0 radical (unpaired) electrons. The molecule has 1 heterocycles. The van der Waals surface area contributed by atoms with E-state index in [4.69, 9.17) is 17.3 Å². The molecule has 0 amide bonds. The zero-order chi connectivity index (χ0) is 18.6. The van der Waals surface area contributed by atoms with Gasteiger partial charge >= 0.3 is 5.97 Å². The second kappa shape index (κ2) is 7.52. The fourth-order valence-corrected chi connectivity index (χ4v) is 2.29. The summed E-state index contributed by atoms with van der Waals surface area (Å²) in [5, 5.41) is 19.2. The summed E-state index contributed by atoms with van der Waals surface area (Å²) in [6.07, 6.45) is 1.35. The van der Waals surface area contributed by atoms with Crippen LogP contribution in [-0.2, 0) is 16.6 Å². The molecule has 2 N–H and O–H groups in total. The van der Waals surface area contributed by atoms with Gasteiger partial charge in [0.15, 0.2) is 0 Å². The van der Waals surface area contributed by atoms with Crippen LogP contribution in [0.3, 0.4) is 0 Å². The minimum Gasteiger partial charge on any atom is -0.481 e. The van der Waals surface area contributed by atoms with E-state index in [9.17, 15) is 9.59 Å². The topological polar surface area (TPSA) is 100 Å². The summed E-state index contributed by atoms with van der Waals surface area (Å²) < 4.78 is 1.06. The van der Waals surface area contributed by atoms with Crippen LogP contribution >= 0.6 is 12.2 Å². The maximum atomic E-state index is 12.3. The monoisotopic (exact) mass is 360 g/mol. The molecule has 1 aromatic carbocycles. The van der Waals surface area contributed by atoms with Crippen LogP contribution in [0, 0.1) is 4.77 Å². The number of carboxylic acid groups (broad SMARTS) is 1. The van der Waals surface area contributed by atoms with Gasteiger partial charge in [0, 0.05) is 6.42 Å². The Labute approximate surface area is 150 Å². The van der Waals surface area contributed by atoms with Crippen molar-refractivity contribution in [2.45, 2.75) is 39.0 Å². The minimum absolute atomic E-state index is 0.01000. The quantitative estimate of drug-likeness (QED) is 0.630. The lowest BCUT2D eigenvalue weighted by atomic mass is 9.87. The molecule has 0 aliphatic carbocycles. The zero-order valence-electron chi connectivity index (χ0n) is 14.3. The Morgan fingerprint density at radius 1 is 1.36 bits per heavy atom. The summed E-state index contributed by atoms with van der Waals surface area (Å²) in [5.74, 6) is -1.00. The highest BCUT2D eigenvalue weighted by atomic mass is 32.1. The standard InChI is InChI=1S/C17H20N4O3S/c1-17(2,3)12-6-4-11(5-7-12)10-18-21-15(24)13(8-9-14(22)23)19-20-16(21)25/h4-7,10H,8-9H2,1-3H3,(H,20,25)(H,22,23)/b18-10-. The molecule has 132 valence electrons. The highest BCUT2D eigenvalue weighted by Gasteiger charge is 2.12. The first-order chi connectivity index (χ1) is 11.7. The number of carboxylic acids is 1. The van der Waals surface area contributed by atoms with Crippen LogP contribution in [0.5, 0.6) is 0 Å². The predicted molar refractivity (Wildman–Crippen MR) is 97.8 cm³/mol. The van der Waals surface area contributed by atoms with Gasteiger partial charge in [-0.1, -0.05) is 45.0 Å². The Morgan fingerprint density at radius 3 is 2.56 bits per heavy atom. The van der Waals surface area contributed by atoms with Crippen LogP contribution in [-0.4, -0.2) is 32.2 Å². The van der Waals surface area contributed by atoms with Gasteiger partial charge in [0.2, 0.25) is 4.77 Å². The average molecular weight is 360 g/mol. The van der Waals surface area contributed by atoms with Crippen LogP contribution < -0.4 is 5.56 Å². The molecular formula is C17H20N4O3S. The molecule has 0 saturated heterocycles. The van der Waals surface area contributed by atoms with Crippen molar-refractivity contribution in [2.24, 2.45) is 5.10 Å². The van der Waals surface area contributed by atoms with Gasteiger partial charge in [-0.25, -0.2) is 0 Å². The first kappa shape index (κ1) is 18.7.